The van der Waals surface area contributed by atoms with Gasteiger partial charge in [0.1, 0.15) is 5.52 Å². The Kier molecular flexibility index (Phi) is 5.10. The lowest BCUT2D eigenvalue weighted by Gasteiger charge is -2.01. The van der Waals surface area contributed by atoms with Gasteiger partial charge < -0.3 is 9.73 Å². The molecule has 0 bridgehead atoms. The van der Waals surface area contributed by atoms with E-state index in [0.29, 0.717) is 16.8 Å². The molecule has 1 heterocycles. The molecule has 0 aliphatic heterocycles. The molecule has 0 spiro atoms. The molecule has 0 fully saturated rings. The van der Waals surface area contributed by atoms with Crippen LogP contribution in [0.5, 0.6) is 0 Å². The van der Waals surface area contributed by atoms with Crippen LogP contribution in [0.25, 0.3) is 28.6 Å². The monoisotopic (exact) mass is 410 g/mol. The Morgan fingerprint density at radius 3 is 2.59 bits per heavy atom. The van der Waals surface area contributed by atoms with Gasteiger partial charge in [0.25, 0.3) is 0 Å². The van der Waals surface area contributed by atoms with Gasteiger partial charge in [0.2, 0.25) is 11.8 Å². The van der Waals surface area contributed by atoms with Crippen molar-refractivity contribution in [3.63, 3.8) is 0 Å². The van der Waals surface area contributed by atoms with Crippen molar-refractivity contribution >= 4 is 40.4 Å². The first-order valence-corrected chi connectivity index (χ1v) is 8.97. The second kappa shape index (κ2) is 7.85. The number of oxazole rings is 1. The maximum atomic E-state index is 13.5. The fraction of sp³-hybridized carbons (Fsp3) is 0. The number of benzene rings is 3. The van der Waals surface area contributed by atoms with E-state index in [1.54, 1.807) is 24.3 Å². The minimum absolute atomic E-state index is 0.0185. The highest BCUT2D eigenvalue weighted by molar-refractivity contribution is 6.33. The van der Waals surface area contributed by atoms with E-state index in [0.717, 1.165) is 17.7 Å². The molecule has 144 valence electrons. The van der Waals surface area contributed by atoms with E-state index in [2.05, 4.69) is 10.3 Å². The van der Waals surface area contributed by atoms with Crippen molar-refractivity contribution in [3.05, 3.63) is 89.0 Å². The maximum Gasteiger partial charge on any atom is 0.248 e. The first-order chi connectivity index (χ1) is 14.0. The third kappa shape index (κ3) is 4.17. The van der Waals surface area contributed by atoms with Gasteiger partial charge >= 0.3 is 0 Å². The minimum atomic E-state index is -1.05. The molecule has 29 heavy (non-hydrogen) atoms. The highest BCUT2D eigenvalue weighted by Crippen LogP contribution is 2.32. The summed E-state index contributed by atoms with van der Waals surface area (Å²) >= 11 is 5.98. The van der Waals surface area contributed by atoms with E-state index in [9.17, 15) is 13.6 Å². The number of carbonyl (C=O) groups is 1. The summed E-state index contributed by atoms with van der Waals surface area (Å²) in [6, 6.07) is 16.1. The zero-order valence-electron chi connectivity index (χ0n) is 14.8. The van der Waals surface area contributed by atoms with Gasteiger partial charge in [-0.15, -0.1) is 0 Å². The molecule has 1 N–H and O–H groups in total. The fourth-order valence-corrected chi connectivity index (χ4v) is 2.96. The number of rotatable bonds is 4. The first kappa shape index (κ1) is 18.8. The van der Waals surface area contributed by atoms with Crippen molar-refractivity contribution in [2.45, 2.75) is 0 Å². The van der Waals surface area contributed by atoms with Crippen LogP contribution in [0.4, 0.5) is 14.5 Å². The Balaban J connectivity index is 1.56. The highest BCUT2D eigenvalue weighted by Gasteiger charge is 2.16. The molecule has 0 unspecified atom stereocenters. The lowest BCUT2D eigenvalue weighted by Crippen LogP contribution is -2.07. The summed E-state index contributed by atoms with van der Waals surface area (Å²) in [5.74, 6) is -2.36. The van der Waals surface area contributed by atoms with Crippen LogP contribution in [-0.2, 0) is 4.79 Å². The summed E-state index contributed by atoms with van der Waals surface area (Å²) in [6.07, 6.45) is 3.13. The molecule has 1 aromatic heterocycles. The number of fused-ring (bicyclic) bond motifs is 1. The number of nitrogens with zero attached hydrogens (tertiary/aromatic N) is 1. The number of anilines is 1. The summed E-state index contributed by atoms with van der Waals surface area (Å²) in [5, 5.41) is 2.72. The quantitative estimate of drug-likeness (QED) is 0.328. The van der Waals surface area contributed by atoms with Gasteiger partial charge in [-0.1, -0.05) is 41.9 Å². The molecular formula is C22H13ClF2N2O2. The standard InChI is InChI=1S/C22H13ClF2N2O2/c23-16-12-18(25)17(24)11-15(16)22-27-19-10-14(7-8-20(19)29-22)26-21(28)9-6-13-4-2-1-3-5-13/h1-12H,(H,26,28)/b9-6+. The van der Waals surface area contributed by atoms with E-state index in [-0.39, 0.29) is 22.4 Å². The molecule has 0 saturated carbocycles. The summed E-state index contributed by atoms with van der Waals surface area (Å²) in [5.41, 5.74) is 2.40. The van der Waals surface area contributed by atoms with Crippen LogP contribution in [0.15, 0.2) is 71.2 Å². The molecule has 7 heteroatoms. The summed E-state index contributed by atoms with van der Waals surface area (Å²) < 4.78 is 32.4. The van der Waals surface area contributed by atoms with Gasteiger partial charge in [-0.3, -0.25) is 4.79 Å². The summed E-state index contributed by atoms with van der Waals surface area (Å²) in [4.78, 5) is 16.4. The first-order valence-electron chi connectivity index (χ1n) is 8.59. The summed E-state index contributed by atoms with van der Waals surface area (Å²) in [6.45, 7) is 0. The van der Waals surface area contributed by atoms with Crippen LogP contribution in [0.3, 0.4) is 0 Å². The molecule has 4 nitrogen and oxygen atoms in total. The van der Waals surface area contributed by atoms with Crippen LogP contribution < -0.4 is 5.32 Å². The molecule has 0 radical (unpaired) electrons. The van der Waals surface area contributed by atoms with E-state index in [1.165, 1.54) is 6.08 Å². The van der Waals surface area contributed by atoms with Crippen molar-refractivity contribution in [1.82, 2.24) is 4.98 Å². The van der Waals surface area contributed by atoms with E-state index < -0.39 is 11.6 Å². The summed E-state index contributed by atoms with van der Waals surface area (Å²) in [7, 11) is 0. The minimum Gasteiger partial charge on any atom is -0.436 e. The predicted octanol–water partition coefficient (Wildman–Crippen LogP) is 6.08. The van der Waals surface area contributed by atoms with Crippen LogP contribution in [0, 0.1) is 11.6 Å². The zero-order valence-corrected chi connectivity index (χ0v) is 15.6. The lowest BCUT2D eigenvalue weighted by atomic mass is 10.2. The molecule has 4 rings (SSSR count). The Bertz CT molecular complexity index is 1240. The smallest absolute Gasteiger partial charge is 0.248 e. The van der Waals surface area contributed by atoms with Crippen molar-refractivity contribution in [1.29, 1.82) is 0 Å². The normalized spacial score (nSPS) is 11.3. The van der Waals surface area contributed by atoms with Crippen molar-refractivity contribution in [3.8, 4) is 11.5 Å². The van der Waals surface area contributed by atoms with Crippen LogP contribution in [-0.4, -0.2) is 10.9 Å². The van der Waals surface area contributed by atoms with Gasteiger partial charge in [0.05, 0.1) is 10.6 Å². The van der Waals surface area contributed by atoms with Gasteiger partial charge in [-0.2, -0.15) is 0 Å². The molecule has 4 aromatic rings. The largest absolute Gasteiger partial charge is 0.436 e. The zero-order chi connectivity index (χ0) is 20.4. The predicted molar refractivity (Wildman–Crippen MR) is 108 cm³/mol. The Morgan fingerprint density at radius 2 is 1.79 bits per heavy atom. The Labute approximate surface area is 169 Å². The molecule has 1 amide bonds. The number of halogens is 3. The Hall–Kier alpha value is -3.51. The Morgan fingerprint density at radius 1 is 1.03 bits per heavy atom. The third-order valence-corrected chi connectivity index (χ3v) is 4.43. The van der Waals surface area contributed by atoms with Crippen LogP contribution in [0.2, 0.25) is 5.02 Å². The van der Waals surface area contributed by atoms with Gasteiger partial charge in [-0.05, 0) is 42.0 Å². The van der Waals surface area contributed by atoms with Crippen molar-refractivity contribution in [2.75, 3.05) is 5.32 Å². The van der Waals surface area contributed by atoms with Gasteiger partial charge in [0.15, 0.2) is 17.2 Å². The molecule has 0 saturated heterocycles. The molecule has 0 aliphatic rings. The van der Waals surface area contributed by atoms with E-state index in [4.69, 9.17) is 16.0 Å². The second-order valence-corrected chi connectivity index (χ2v) is 6.59. The van der Waals surface area contributed by atoms with Crippen LogP contribution >= 0.6 is 11.6 Å². The van der Waals surface area contributed by atoms with Crippen molar-refractivity contribution in [2.24, 2.45) is 0 Å². The molecule has 3 aromatic carbocycles. The van der Waals surface area contributed by atoms with Crippen molar-refractivity contribution < 1.29 is 18.0 Å². The number of hydrogen-bond donors (Lipinski definition) is 1. The third-order valence-electron chi connectivity index (χ3n) is 4.12. The number of hydrogen-bond acceptors (Lipinski definition) is 3. The topological polar surface area (TPSA) is 55.1 Å². The molecule has 0 aliphatic carbocycles. The number of amides is 1. The van der Waals surface area contributed by atoms with Gasteiger partial charge in [-0.25, -0.2) is 13.8 Å². The molecular weight excluding hydrogens is 398 g/mol. The SMILES string of the molecule is O=C(/C=C/c1ccccc1)Nc1ccc2oc(-c3cc(F)c(F)cc3Cl)nc2c1. The number of nitrogens with one attached hydrogen (secondary N) is 1. The number of aromatic nitrogens is 1. The lowest BCUT2D eigenvalue weighted by molar-refractivity contribution is -0.111. The number of carbonyl (C=O) groups excluding carboxylic acids is 1. The van der Waals surface area contributed by atoms with Gasteiger partial charge in [0, 0.05) is 11.8 Å². The molecule has 0 atom stereocenters. The maximum absolute atomic E-state index is 13.5. The highest BCUT2D eigenvalue weighted by atomic mass is 35.5. The average Bonchev–Trinajstić information content (AvgIpc) is 3.13. The van der Waals surface area contributed by atoms with Crippen LogP contribution in [0.1, 0.15) is 5.56 Å². The fourth-order valence-electron chi connectivity index (χ4n) is 2.73. The van der Waals surface area contributed by atoms with E-state index in [1.807, 2.05) is 30.3 Å². The van der Waals surface area contributed by atoms with E-state index >= 15 is 0 Å². The average molecular weight is 411 g/mol. The second-order valence-electron chi connectivity index (χ2n) is 6.18.